The van der Waals surface area contributed by atoms with E-state index in [1.165, 1.54) is 12.1 Å². The Hall–Kier alpha value is -1.87. The minimum absolute atomic E-state index is 0.0743. The highest BCUT2D eigenvalue weighted by atomic mass is 19.1. The van der Waals surface area contributed by atoms with Crippen LogP contribution in [-0.2, 0) is 0 Å². The van der Waals surface area contributed by atoms with Crippen LogP contribution in [0, 0.1) is 5.82 Å². The maximum atomic E-state index is 13.1. The summed E-state index contributed by atoms with van der Waals surface area (Å²) < 4.78 is 18.8. The van der Waals surface area contributed by atoms with Gasteiger partial charge in [0.25, 0.3) is 0 Å². The minimum Gasteiger partial charge on any atom is -0.457 e. The summed E-state index contributed by atoms with van der Waals surface area (Å²) in [5.74, 6) is 0.841. The van der Waals surface area contributed by atoms with Crippen LogP contribution in [0.4, 0.5) is 4.39 Å². The van der Waals surface area contributed by atoms with Gasteiger partial charge >= 0.3 is 0 Å². The summed E-state index contributed by atoms with van der Waals surface area (Å²) >= 11 is 0. The predicted molar refractivity (Wildman–Crippen MR) is 70.1 cm³/mol. The van der Waals surface area contributed by atoms with Crippen LogP contribution in [0.25, 0.3) is 0 Å². The Morgan fingerprint density at radius 2 is 1.94 bits per heavy atom. The maximum Gasteiger partial charge on any atom is 0.132 e. The maximum absolute atomic E-state index is 13.1. The molecule has 2 rings (SSSR count). The third-order valence-electron chi connectivity index (χ3n) is 2.78. The third kappa shape index (κ3) is 2.87. The highest BCUT2D eigenvalue weighted by Gasteiger charge is 2.10. The van der Waals surface area contributed by atoms with Crippen molar-refractivity contribution >= 4 is 0 Å². The van der Waals surface area contributed by atoms with Crippen molar-refractivity contribution < 1.29 is 9.13 Å². The molecule has 0 aliphatic carbocycles. The van der Waals surface area contributed by atoms with Crippen LogP contribution in [-0.4, -0.2) is 0 Å². The largest absolute Gasteiger partial charge is 0.457 e. The molecule has 2 aromatic rings. The molecule has 0 aliphatic rings. The molecule has 0 fully saturated rings. The summed E-state index contributed by atoms with van der Waals surface area (Å²) in [6.45, 7) is 2.02. The number of halogens is 1. The van der Waals surface area contributed by atoms with Crippen molar-refractivity contribution in [3.8, 4) is 11.5 Å². The molecule has 0 bridgehead atoms. The lowest BCUT2D eigenvalue weighted by atomic mass is 10.0. The average Bonchev–Trinajstić information content (AvgIpc) is 2.38. The zero-order valence-electron chi connectivity index (χ0n) is 10.3. The Balaban J connectivity index is 2.29. The van der Waals surface area contributed by atoms with E-state index < -0.39 is 0 Å². The van der Waals surface area contributed by atoms with Crippen molar-refractivity contribution in [2.75, 3.05) is 0 Å². The van der Waals surface area contributed by atoms with Gasteiger partial charge in [-0.25, -0.2) is 4.39 Å². The van der Waals surface area contributed by atoms with Crippen LogP contribution in [0.15, 0.2) is 48.5 Å². The molecule has 0 aliphatic heterocycles. The number of ether oxygens (including phenoxy) is 1. The van der Waals surface area contributed by atoms with Gasteiger partial charge in [-0.05, 0) is 24.6 Å². The van der Waals surface area contributed by atoms with E-state index in [2.05, 4.69) is 0 Å². The van der Waals surface area contributed by atoms with Crippen LogP contribution >= 0.6 is 0 Å². The Bertz CT molecular complexity index is 527. The lowest BCUT2D eigenvalue weighted by molar-refractivity contribution is 0.464. The highest BCUT2D eigenvalue weighted by molar-refractivity contribution is 5.39. The highest BCUT2D eigenvalue weighted by Crippen LogP contribution is 2.29. The van der Waals surface area contributed by atoms with Gasteiger partial charge in [0.05, 0.1) is 0 Å². The standard InChI is InChI=1S/C15H16FNO/c1-2-14(17)13-8-3-4-9-15(13)18-12-7-5-6-11(16)10-12/h3-10,14H,2,17H2,1H3. The number of hydrogen-bond donors (Lipinski definition) is 1. The monoisotopic (exact) mass is 245 g/mol. The van der Waals surface area contributed by atoms with Crippen molar-refractivity contribution in [3.05, 3.63) is 59.9 Å². The third-order valence-corrected chi connectivity index (χ3v) is 2.78. The second-order valence-electron chi connectivity index (χ2n) is 4.11. The fourth-order valence-electron chi connectivity index (χ4n) is 1.76. The number of nitrogens with two attached hydrogens (primary N) is 1. The van der Waals surface area contributed by atoms with E-state index in [1.807, 2.05) is 31.2 Å². The Morgan fingerprint density at radius 3 is 2.67 bits per heavy atom. The lowest BCUT2D eigenvalue weighted by Gasteiger charge is -2.15. The van der Waals surface area contributed by atoms with Crippen LogP contribution in [0.2, 0.25) is 0 Å². The van der Waals surface area contributed by atoms with Gasteiger partial charge in [-0.2, -0.15) is 0 Å². The number of hydrogen-bond acceptors (Lipinski definition) is 2. The van der Waals surface area contributed by atoms with E-state index in [0.29, 0.717) is 11.5 Å². The van der Waals surface area contributed by atoms with Crippen molar-refractivity contribution in [1.82, 2.24) is 0 Å². The molecule has 0 radical (unpaired) electrons. The second kappa shape index (κ2) is 5.65. The molecule has 2 N–H and O–H groups in total. The molecule has 3 heteroatoms. The summed E-state index contributed by atoms with van der Waals surface area (Å²) in [4.78, 5) is 0. The SMILES string of the molecule is CCC(N)c1ccccc1Oc1cccc(F)c1. The first kappa shape index (κ1) is 12.6. The fraction of sp³-hybridized carbons (Fsp3) is 0.200. The quantitative estimate of drug-likeness (QED) is 0.882. The Kier molecular flexibility index (Phi) is 3.95. The first-order chi connectivity index (χ1) is 8.70. The van der Waals surface area contributed by atoms with Crippen LogP contribution in [0.5, 0.6) is 11.5 Å². The van der Waals surface area contributed by atoms with Gasteiger partial charge in [-0.15, -0.1) is 0 Å². The van der Waals surface area contributed by atoms with Gasteiger partial charge in [0, 0.05) is 17.7 Å². The van der Waals surface area contributed by atoms with Crippen molar-refractivity contribution in [3.63, 3.8) is 0 Å². The van der Waals surface area contributed by atoms with Gasteiger partial charge < -0.3 is 10.5 Å². The van der Waals surface area contributed by atoms with Gasteiger partial charge in [0.2, 0.25) is 0 Å². The van der Waals surface area contributed by atoms with E-state index in [1.54, 1.807) is 12.1 Å². The molecule has 0 heterocycles. The molecule has 94 valence electrons. The first-order valence-electron chi connectivity index (χ1n) is 5.98. The van der Waals surface area contributed by atoms with Crippen molar-refractivity contribution in [2.24, 2.45) is 5.73 Å². The van der Waals surface area contributed by atoms with Gasteiger partial charge in [0.1, 0.15) is 17.3 Å². The summed E-state index contributed by atoms with van der Waals surface area (Å²) in [6.07, 6.45) is 0.823. The van der Waals surface area contributed by atoms with Crippen molar-refractivity contribution in [1.29, 1.82) is 0 Å². The zero-order valence-corrected chi connectivity index (χ0v) is 10.3. The topological polar surface area (TPSA) is 35.2 Å². The molecule has 1 unspecified atom stereocenters. The number of benzene rings is 2. The number of para-hydroxylation sites is 1. The summed E-state index contributed by atoms with van der Waals surface area (Å²) in [6, 6.07) is 13.6. The lowest BCUT2D eigenvalue weighted by Crippen LogP contribution is -2.09. The molecule has 0 saturated heterocycles. The van der Waals surface area contributed by atoms with E-state index in [9.17, 15) is 4.39 Å². The van der Waals surface area contributed by atoms with E-state index >= 15 is 0 Å². The fourth-order valence-corrected chi connectivity index (χ4v) is 1.76. The second-order valence-corrected chi connectivity index (χ2v) is 4.11. The average molecular weight is 245 g/mol. The van der Waals surface area contributed by atoms with Crippen LogP contribution in [0.1, 0.15) is 24.9 Å². The molecule has 1 atom stereocenters. The molecule has 0 aromatic heterocycles. The molecule has 0 saturated carbocycles. The minimum atomic E-state index is -0.315. The molecule has 2 nitrogen and oxygen atoms in total. The molecular weight excluding hydrogens is 229 g/mol. The molecule has 0 spiro atoms. The Labute approximate surface area is 106 Å². The van der Waals surface area contributed by atoms with E-state index in [0.717, 1.165) is 12.0 Å². The van der Waals surface area contributed by atoms with Gasteiger partial charge in [0.15, 0.2) is 0 Å². The van der Waals surface area contributed by atoms with Crippen LogP contribution in [0.3, 0.4) is 0 Å². The smallest absolute Gasteiger partial charge is 0.132 e. The molecule has 18 heavy (non-hydrogen) atoms. The molecule has 2 aromatic carbocycles. The van der Waals surface area contributed by atoms with Crippen LogP contribution < -0.4 is 10.5 Å². The van der Waals surface area contributed by atoms with E-state index in [-0.39, 0.29) is 11.9 Å². The zero-order chi connectivity index (χ0) is 13.0. The van der Waals surface area contributed by atoms with Gasteiger partial charge in [-0.1, -0.05) is 31.2 Å². The predicted octanol–water partition coefficient (Wildman–Crippen LogP) is 4.03. The molecular formula is C15H16FNO. The number of rotatable bonds is 4. The van der Waals surface area contributed by atoms with Gasteiger partial charge in [-0.3, -0.25) is 0 Å². The summed E-state index contributed by atoms with van der Waals surface area (Å²) in [7, 11) is 0. The normalized spacial score (nSPS) is 12.2. The Morgan fingerprint density at radius 1 is 1.17 bits per heavy atom. The van der Waals surface area contributed by atoms with Crippen molar-refractivity contribution in [2.45, 2.75) is 19.4 Å². The first-order valence-corrected chi connectivity index (χ1v) is 5.98. The molecule has 0 amide bonds. The summed E-state index contributed by atoms with van der Waals surface area (Å²) in [5.41, 5.74) is 6.96. The van der Waals surface area contributed by atoms with E-state index in [4.69, 9.17) is 10.5 Å². The summed E-state index contributed by atoms with van der Waals surface area (Å²) in [5, 5.41) is 0.